The summed E-state index contributed by atoms with van der Waals surface area (Å²) in [5, 5.41) is 3.67. The number of H-pyrrole nitrogens is 1. The van der Waals surface area contributed by atoms with Crippen LogP contribution in [0.1, 0.15) is 64.4 Å². The van der Waals surface area contributed by atoms with Crippen molar-refractivity contribution < 1.29 is 0 Å². The van der Waals surface area contributed by atoms with Crippen molar-refractivity contribution in [3.05, 3.63) is 17.7 Å². The molecule has 0 radical (unpaired) electrons. The van der Waals surface area contributed by atoms with Crippen LogP contribution in [-0.2, 0) is 6.54 Å². The Labute approximate surface area is 117 Å². The summed E-state index contributed by atoms with van der Waals surface area (Å²) < 4.78 is 0. The van der Waals surface area contributed by atoms with E-state index in [9.17, 15) is 0 Å². The monoisotopic (exact) mass is 263 g/mol. The molecule has 1 aromatic rings. The Kier molecular flexibility index (Phi) is 4.67. The molecule has 1 aromatic heterocycles. The van der Waals surface area contributed by atoms with Crippen molar-refractivity contribution in [2.24, 2.45) is 11.3 Å². The summed E-state index contributed by atoms with van der Waals surface area (Å²) in [7, 11) is 0. The smallest absolute Gasteiger partial charge is 0.103 e. The fourth-order valence-corrected chi connectivity index (χ4v) is 3.18. The van der Waals surface area contributed by atoms with Crippen LogP contribution < -0.4 is 5.32 Å². The first kappa shape index (κ1) is 14.6. The maximum absolute atomic E-state index is 4.24. The van der Waals surface area contributed by atoms with Gasteiger partial charge in [-0.05, 0) is 43.9 Å². The van der Waals surface area contributed by atoms with Gasteiger partial charge in [-0.15, -0.1) is 0 Å². The third kappa shape index (κ3) is 3.82. The summed E-state index contributed by atoms with van der Waals surface area (Å²) in [5.41, 5.74) is 1.72. The molecule has 1 saturated carbocycles. The van der Waals surface area contributed by atoms with Crippen molar-refractivity contribution in [1.29, 1.82) is 0 Å². The Bertz CT molecular complexity index is 386. The van der Waals surface area contributed by atoms with Crippen LogP contribution >= 0.6 is 0 Å². The Morgan fingerprint density at radius 1 is 1.32 bits per heavy atom. The van der Waals surface area contributed by atoms with Gasteiger partial charge in [0.2, 0.25) is 0 Å². The first-order chi connectivity index (χ1) is 9.01. The van der Waals surface area contributed by atoms with E-state index in [-0.39, 0.29) is 0 Å². The van der Waals surface area contributed by atoms with Crippen LogP contribution in [0.25, 0.3) is 0 Å². The molecular formula is C16H29N3. The van der Waals surface area contributed by atoms with Crippen molar-refractivity contribution >= 4 is 0 Å². The molecule has 1 fully saturated rings. The van der Waals surface area contributed by atoms with Crippen molar-refractivity contribution in [1.82, 2.24) is 15.3 Å². The molecule has 3 nitrogen and oxygen atoms in total. The maximum atomic E-state index is 4.24. The number of aryl methyl sites for hydroxylation is 1. The zero-order valence-electron chi connectivity index (χ0n) is 12.9. The van der Waals surface area contributed by atoms with E-state index >= 15 is 0 Å². The standard InChI is InChI=1S/C16H29N3/c1-5-16(3,4)13-6-8-14(9-7-13)18-11-15-10-17-12(2)19-15/h10,13-14,18H,5-9,11H2,1-4H3,(H,17,19). The van der Waals surface area contributed by atoms with Gasteiger partial charge >= 0.3 is 0 Å². The molecule has 1 aliphatic rings. The van der Waals surface area contributed by atoms with Crippen LogP contribution in [0.4, 0.5) is 0 Å². The lowest BCUT2D eigenvalue weighted by molar-refractivity contribution is 0.136. The lowest BCUT2D eigenvalue weighted by Gasteiger charge is -2.39. The molecule has 0 spiro atoms. The van der Waals surface area contributed by atoms with Gasteiger partial charge in [0.25, 0.3) is 0 Å². The van der Waals surface area contributed by atoms with E-state index in [4.69, 9.17) is 0 Å². The summed E-state index contributed by atoms with van der Waals surface area (Å²) in [5.74, 6) is 1.91. The van der Waals surface area contributed by atoms with Gasteiger partial charge in [0.05, 0.1) is 0 Å². The van der Waals surface area contributed by atoms with Gasteiger partial charge in [-0.2, -0.15) is 0 Å². The molecule has 3 heteroatoms. The van der Waals surface area contributed by atoms with Crippen LogP contribution in [0.3, 0.4) is 0 Å². The fourth-order valence-electron chi connectivity index (χ4n) is 3.18. The molecule has 2 rings (SSSR count). The number of imidazole rings is 1. The molecule has 1 heterocycles. The number of aromatic nitrogens is 2. The minimum atomic E-state index is 0.519. The predicted octanol–water partition coefficient (Wildman–Crippen LogP) is 3.80. The fraction of sp³-hybridized carbons (Fsp3) is 0.812. The largest absolute Gasteiger partial charge is 0.345 e. The van der Waals surface area contributed by atoms with E-state index in [0.29, 0.717) is 11.5 Å². The highest BCUT2D eigenvalue weighted by molar-refractivity contribution is 4.99. The Hall–Kier alpha value is -0.830. The number of hydrogen-bond donors (Lipinski definition) is 2. The van der Waals surface area contributed by atoms with Crippen LogP contribution in [0.2, 0.25) is 0 Å². The molecule has 19 heavy (non-hydrogen) atoms. The van der Waals surface area contributed by atoms with E-state index in [1.807, 2.05) is 13.1 Å². The molecule has 0 amide bonds. The minimum Gasteiger partial charge on any atom is -0.345 e. The van der Waals surface area contributed by atoms with Crippen molar-refractivity contribution in [2.75, 3.05) is 0 Å². The van der Waals surface area contributed by atoms with Gasteiger partial charge in [0.15, 0.2) is 0 Å². The molecule has 0 atom stereocenters. The Morgan fingerprint density at radius 2 is 2.00 bits per heavy atom. The topological polar surface area (TPSA) is 40.7 Å². The van der Waals surface area contributed by atoms with Crippen molar-refractivity contribution in [2.45, 2.75) is 72.4 Å². The second-order valence-corrected chi connectivity index (χ2v) is 6.77. The van der Waals surface area contributed by atoms with E-state index in [0.717, 1.165) is 18.3 Å². The molecule has 0 saturated heterocycles. The SMILES string of the molecule is CCC(C)(C)C1CCC(NCc2cnc(C)[nH]2)CC1. The number of aromatic amines is 1. The summed E-state index contributed by atoms with van der Waals surface area (Å²) in [6.07, 6.45) is 8.63. The average Bonchev–Trinajstić information content (AvgIpc) is 2.83. The van der Waals surface area contributed by atoms with Crippen LogP contribution in [0, 0.1) is 18.3 Å². The second-order valence-electron chi connectivity index (χ2n) is 6.77. The summed E-state index contributed by atoms with van der Waals surface area (Å²) >= 11 is 0. The summed E-state index contributed by atoms with van der Waals surface area (Å²) in [6, 6.07) is 0.688. The van der Waals surface area contributed by atoms with Crippen molar-refractivity contribution in [3.8, 4) is 0 Å². The van der Waals surface area contributed by atoms with E-state index in [1.165, 1.54) is 37.8 Å². The first-order valence-electron chi connectivity index (χ1n) is 7.75. The average molecular weight is 263 g/mol. The molecule has 2 N–H and O–H groups in total. The molecule has 0 aliphatic heterocycles. The normalized spacial score (nSPS) is 24.6. The number of nitrogens with zero attached hydrogens (tertiary/aromatic N) is 1. The van der Waals surface area contributed by atoms with Gasteiger partial charge in [-0.3, -0.25) is 0 Å². The quantitative estimate of drug-likeness (QED) is 0.848. The summed E-state index contributed by atoms with van der Waals surface area (Å²) in [4.78, 5) is 7.52. The van der Waals surface area contributed by atoms with E-state index < -0.39 is 0 Å². The highest BCUT2D eigenvalue weighted by Crippen LogP contribution is 2.40. The van der Waals surface area contributed by atoms with E-state index in [2.05, 4.69) is 36.1 Å². The molecule has 0 bridgehead atoms. The zero-order valence-corrected chi connectivity index (χ0v) is 12.9. The Morgan fingerprint density at radius 3 is 2.53 bits per heavy atom. The zero-order chi connectivity index (χ0) is 13.9. The van der Waals surface area contributed by atoms with Gasteiger partial charge in [-0.25, -0.2) is 4.98 Å². The molecule has 108 valence electrons. The van der Waals surface area contributed by atoms with Gasteiger partial charge in [-0.1, -0.05) is 27.2 Å². The number of rotatable bonds is 5. The Balaban J connectivity index is 1.74. The second kappa shape index (κ2) is 6.08. The highest BCUT2D eigenvalue weighted by Gasteiger charge is 2.31. The van der Waals surface area contributed by atoms with Crippen molar-refractivity contribution in [3.63, 3.8) is 0 Å². The summed E-state index contributed by atoms with van der Waals surface area (Å²) in [6.45, 7) is 10.1. The van der Waals surface area contributed by atoms with Crippen LogP contribution in [0.15, 0.2) is 6.20 Å². The molecular weight excluding hydrogens is 234 g/mol. The lowest BCUT2D eigenvalue weighted by Crippen LogP contribution is -2.36. The van der Waals surface area contributed by atoms with Gasteiger partial charge in [0.1, 0.15) is 5.82 Å². The third-order valence-corrected chi connectivity index (χ3v) is 5.08. The lowest BCUT2D eigenvalue weighted by atomic mass is 9.69. The minimum absolute atomic E-state index is 0.519. The third-order valence-electron chi connectivity index (χ3n) is 5.08. The highest BCUT2D eigenvalue weighted by atomic mass is 15.0. The predicted molar refractivity (Wildman–Crippen MR) is 80.0 cm³/mol. The van der Waals surface area contributed by atoms with E-state index in [1.54, 1.807) is 0 Å². The number of nitrogens with one attached hydrogen (secondary N) is 2. The maximum Gasteiger partial charge on any atom is 0.103 e. The molecule has 1 aliphatic carbocycles. The first-order valence-corrected chi connectivity index (χ1v) is 7.75. The van der Waals surface area contributed by atoms with Crippen LogP contribution in [-0.4, -0.2) is 16.0 Å². The molecule has 0 aromatic carbocycles. The number of hydrogen-bond acceptors (Lipinski definition) is 2. The van der Waals surface area contributed by atoms with Gasteiger partial charge in [0, 0.05) is 24.5 Å². The molecule has 0 unspecified atom stereocenters. The van der Waals surface area contributed by atoms with Crippen LogP contribution in [0.5, 0.6) is 0 Å². The van der Waals surface area contributed by atoms with Gasteiger partial charge < -0.3 is 10.3 Å².